The largest absolute Gasteiger partial charge is 0.453 e. The molecule has 1 aliphatic heterocycles. The van der Waals surface area contributed by atoms with Crippen molar-refractivity contribution >= 4 is 22.7 Å². The molecular weight excluding hydrogens is 330 g/mol. The molecule has 25 heavy (non-hydrogen) atoms. The van der Waals surface area contributed by atoms with E-state index < -0.39 is 0 Å². The van der Waals surface area contributed by atoms with Crippen molar-refractivity contribution in [3.8, 4) is 22.8 Å². The van der Waals surface area contributed by atoms with Gasteiger partial charge in [0.05, 0.1) is 22.1 Å². The molecule has 0 amide bonds. The average molecular weight is 351 g/mol. The first-order valence-electron chi connectivity index (χ1n) is 8.50. The zero-order valence-corrected chi connectivity index (χ0v) is 15.2. The van der Waals surface area contributed by atoms with Gasteiger partial charge < -0.3 is 15.4 Å². The molecule has 1 aromatic heterocycles. The summed E-state index contributed by atoms with van der Waals surface area (Å²) in [5, 5.41) is 10.00. The van der Waals surface area contributed by atoms with Gasteiger partial charge in [0.15, 0.2) is 11.5 Å². The van der Waals surface area contributed by atoms with Gasteiger partial charge in [-0.3, -0.25) is 0 Å². The van der Waals surface area contributed by atoms with Crippen LogP contribution in [0.2, 0.25) is 0 Å². The molecule has 4 rings (SSSR count). The Balaban J connectivity index is 1.56. The number of hydrogen-bond donors (Lipinski definition) is 2. The van der Waals surface area contributed by atoms with Gasteiger partial charge in [-0.15, -0.1) is 11.3 Å². The van der Waals surface area contributed by atoms with Crippen LogP contribution in [0.4, 0.5) is 11.4 Å². The standard InChI is InChI=1S/C20H21N3OS/c1-13(11-21-2)9-20-23-17(12-25-20)14-7-8-19-16(10-14)22-15-5-3-4-6-18(15)24-19/h3-8,10,12-13,21-22H,9,11H2,1-2H3. The van der Waals surface area contributed by atoms with E-state index in [0.717, 1.165) is 47.1 Å². The lowest BCUT2D eigenvalue weighted by molar-refractivity contribution is 0.481. The summed E-state index contributed by atoms with van der Waals surface area (Å²) in [7, 11) is 1.99. The summed E-state index contributed by atoms with van der Waals surface area (Å²) in [6.07, 6.45) is 1.01. The molecule has 0 bridgehead atoms. The van der Waals surface area contributed by atoms with Crippen LogP contribution in [0.1, 0.15) is 11.9 Å². The van der Waals surface area contributed by atoms with Crippen LogP contribution in [-0.2, 0) is 6.42 Å². The van der Waals surface area contributed by atoms with Crippen molar-refractivity contribution in [3.63, 3.8) is 0 Å². The number of rotatable bonds is 5. The van der Waals surface area contributed by atoms with Gasteiger partial charge in [-0.2, -0.15) is 0 Å². The third-order valence-corrected chi connectivity index (χ3v) is 5.15. The molecule has 1 aliphatic rings. The fourth-order valence-electron chi connectivity index (χ4n) is 3.05. The number of nitrogens with zero attached hydrogens (tertiary/aromatic N) is 1. The highest BCUT2D eigenvalue weighted by molar-refractivity contribution is 7.09. The predicted molar refractivity (Wildman–Crippen MR) is 104 cm³/mol. The molecule has 0 radical (unpaired) electrons. The smallest absolute Gasteiger partial charge is 0.151 e. The highest BCUT2D eigenvalue weighted by Gasteiger charge is 2.17. The molecule has 4 nitrogen and oxygen atoms in total. The molecule has 1 atom stereocenters. The van der Waals surface area contributed by atoms with Crippen LogP contribution in [0.5, 0.6) is 11.5 Å². The van der Waals surface area contributed by atoms with Crippen LogP contribution in [0.3, 0.4) is 0 Å². The van der Waals surface area contributed by atoms with E-state index in [1.54, 1.807) is 11.3 Å². The minimum atomic E-state index is 0.583. The van der Waals surface area contributed by atoms with E-state index in [1.165, 1.54) is 5.01 Å². The highest BCUT2D eigenvalue weighted by atomic mass is 32.1. The topological polar surface area (TPSA) is 46.2 Å². The number of benzene rings is 2. The van der Waals surface area contributed by atoms with E-state index in [2.05, 4.69) is 35.1 Å². The maximum Gasteiger partial charge on any atom is 0.151 e. The molecule has 0 spiro atoms. The molecule has 1 unspecified atom stereocenters. The van der Waals surface area contributed by atoms with Crippen molar-refractivity contribution in [3.05, 3.63) is 52.9 Å². The van der Waals surface area contributed by atoms with Gasteiger partial charge >= 0.3 is 0 Å². The van der Waals surface area contributed by atoms with E-state index in [0.29, 0.717) is 5.92 Å². The first-order valence-corrected chi connectivity index (χ1v) is 9.38. The van der Waals surface area contributed by atoms with Gasteiger partial charge in [0, 0.05) is 17.4 Å². The Morgan fingerprint density at radius 2 is 2.00 bits per heavy atom. The van der Waals surface area contributed by atoms with Crippen molar-refractivity contribution in [1.29, 1.82) is 0 Å². The maximum absolute atomic E-state index is 5.97. The van der Waals surface area contributed by atoms with E-state index in [1.807, 2.05) is 37.4 Å². The Morgan fingerprint density at radius 3 is 2.88 bits per heavy atom. The van der Waals surface area contributed by atoms with Crippen molar-refractivity contribution in [2.24, 2.45) is 5.92 Å². The fourth-order valence-corrected chi connectivity index (χ4v) is 4.02. The van der Waals surface area contributed by atoms with Gasteiger partial charge in [-0.05, 0) is 49.8 Å². The van der Waals surface area contributed by atoms with Crippen molar-refractivity contribution < 1.29 is 4.74 Å². The summed E-state index contributed by atoms with van der Waals surface area (Å²) in [5.74, 6) is 2.29. The normalized spacial score (nSPS) is 13.4. The molecule has 2 heterocycles. The second-order valence-electron chi connectivity index (χ2n) is 6.43. The minimum absolute atomic E-state index is 0.583. The second kappa shape index (κ2) is 6.86. The zero-order chi connectivity index (χ0) is 17.2. The predicted octanol–water partition coefficient (Wildman–Crippen LogP) is 5.06. The summed E-state index contributed by atoms with van der Waals surface area (Å²) in [5.41, 5.74) is 4.11. The van der Waals surface area contributed by atoms with Crippen LogP contribution >= 0.6 is 11.3 Å². The highest BCUT2D eigenvalue weighted by Crippen LogP contribution is 2.43. The van der Waals surface area contributed by atoms with Crippen molar-refractivity contribution in [2.45, 2.75) is 13.3 Å². The molecule has 0 saturated carbocycles. The number of thiazole rings is 1. The Labute approximate surface area is 151 Å². The maximum atomic E-state index is 5.97. The third-order valence-electron chi connectivity index (χ3n) is 4.28. The molecule has 0 saturated heterocycles. The number of anilines is 2. The van der Waals surface area contributed by atoms with E-state index in [-0.39, 0.29) is 0 Å². The Bertz CT molecular complexity index is 890. The summed E-state index contributed by atoms with van der Waals surface area (Å²) in [6.45, 7) is 3.25. The van der Waals surface area contributed by atoms with Gasteiger partial charge in [-0.1, -0.05) is 19.1 Å². The summed E-state index contributed by atoms with van der Waals surface area (Å²) in [4.78, 5) is 4.82. The lowest BCUT2D eigenvalue weighted by atomic mass is 10.1. The summed E-state index contributed by atoms with van der Waals surface area (Å²) < 4.78 is 5.97. The fraction of sp³-hybridized carbons (Fsp3) is 0.250. The zero-order valence-electron chi connectivity index (χ0n) is 14.4. The Morgan fingerprint density at radius 1 is 1.16 bits per heavy atom. The van der Waals surface area contributed by atoms with Crippen molar-refractivity contribution in [1.82, 2.24) is 10.3 Å². The molecule has 0 fully saturated rings. The number of fused-ring (bicyclic) bond motifs is 2. The Hall–Kier alpha value is -2.37. The molecule has 2 aromatic carbocycles. The van der Waals surface area contributed by atoms with Gasteiger partial charge in [-0.25, -0.2) is 4.98 Å². The van der Waals surface area contributed by atoms with Crippen LogP contribution in [0.15, 0.2) is 47.8 Å². The molecule has 0 aliphatic carbocycles. The second-order valence-corrected chi connectivity index (χ2v) is 7.37. The number of para-hydroxylation sites is 2. The quantitative estimate of drug-likeness (QED) is 0.528. The van der Waals surface area contributed by atoms with E-state index >= 15 is 0 Å². The first-order chi connectivity index (χ1) is 12.2. The molecule has 2 N–H and O–H groups in total. The minimum Gasteiger partial charge on any atom is -0.453 e. The Kier molecular flexibility index (Phi) is 4.42. The van der Waals surface area contributed by atoms with Crippen LogP contribution < -0.4 is 15.4 Å². The van der Waals surface area contributed by atoms with E-state index in [4.69, 9.17) is 9.72 Å². The van der Waals surface area contributed by atoms with Crippen LogP contribution in [0.25, 0.3) is 11.3 Å². The molecular formula is C20H21N3OS. The van der Waals surface area contributed by atoms with Gasteiger partial charge in [0.25, 0.3) is 0 Å². The number of ether oxygens (including phenoxy) is 1. The first kappa shape index (κ1) is 16.1. The lowest BCUT2D eigenvalue weighted by Crippen LogP contribution is -2.17. The van der Waals surface area contributed by atoms with Crippen molar-refractivity contribution in [2.75, 3.05) is 18.9 Å². The molecule has 128 valence electrons. The van der Waals surface area contributed by atoms with Gasteiger partial charge in [0.1, 0.15) is 0 Å². The average Bonchev–Trinajstić information content (AvgIpc) is 3.08. The monoisotopic (exact) mass is 351 g/mol. The van der Waals surface area contributed by atoms with E-state index in [9.17, 15) is 0 Å². The van der Waals surface area contributed by atoms with Crippen LogP contribution in [0, 0.1) is 5.92 Å². The number of aromatic nitrogens is 1. The summed E-state index contributed by atoms with van der Waals surface area (Å²) in [6, 6.07) is 14.2. The summed E-state index contributed by atoms with van der Waals surface area (Å²) >= 11 is 1.73. The van der Waals surface area contributed by atoms with Gasteiger partial charge in [0.2, 0.25) is 0 Å². The SMILES string of the molecule is CNCC(C)Cc1nc(-c2ccc3c(c2)Nc2ccccc2O3)cs1. The molecule has 5 heteroatoms. The third kappa shape index (κ3) is 3.38. The molecule has 3 aromatic rings. The lowest BCUT2D eigenvalue weighted by Gasteiger charge is -2.21. The van der Waals surface area contributed by atoms with Crippen LogP contribution in [-0.4, -0.2) is 18.6 Å². The number of nitrogens with one attached hydrogen (secondary N) is 2. The number of hydrogen-bond acceptors (Lipinski definition) is 5.